The molecule has 1 fully saturated rings. The van der Waals surface area contributed by atoms with E-state index in [0.29, 0.717) is 33.2 Å². The van der Waals surface area contributed by atoms with Gasteiger partial charge < -0.3 is 19.9 Å². The molecule has 0 aromatic carbocycles. The molecule has 0 amide bonds. The van der Waals surface area contributed by atoms with Gasteiger partial charge in [-0.3, -0.25) is 0 Å². The van der Waals surface area contributed by atoms with E-state index >= 15 is 0 Å². The largest absolute Gasteiger partial charge is 0.477 e. The van der Waals surface area contributed by atoms with Crippen LogP contribution in [0.2, 0.25) is 0 Å². The van der Waals surface area contributed by atoms with Crippen molar-refractivity contribution in [1.29, 1.82) is 0 Å². The van der Waals surface area contributed by atoms with Crippen molar-refractivity contribution in [3.8, 4) is 5.88 Å². The van der Waals surface area contributed by atoms with Crippen LogP contribution in [0.25, 0.3) is 10.2 Å². The number of aryl methyl sites for hydroxylation is 1. The topological polar surface area (TPSA) is 106 Å². The van der Waals surface area contributed by atoms with E-state index in [1.165, 1.54) is 6.33 Å². The number of thiophene rings is 1. The molecule has 3 aromatic heterocycles. The molecule has 152 valence electrons. The van der Waals surface area contributed by atoms with Crippen molar-refractivity contribution >= 4 is 39.0 Å². The summed E-state index contributed by atoms with van der Waals surface area (Å²) in [6.07, 6.45) is 7.24. The van der Waals surface area contributed by atoms with Crippen LogP contribution in [-0.2, 0) is 4.74 Å². The number of methoxy groups -OCH3 is 1. The minimum atomic E-state index is -0.966. The average Bonchev–Trinajstić information content (AvgIpc) is 3.07. The number of carboxylic acid groups (broad SMARTS) is 1. The Morgan fingerprint density at radius 3 is 2.90 bits per heavy atom. The van der Waals surface area contributed by atoms with Gasteiger partial charge in [-0.15, -0.1) is 11.3 Å². The lowest BCUT2D eigenvalue weighted by atomic mass is 9.95. The molecule has 1 aliphatic rings. The lowest BCUT2D eigenvalue weighted by Gasteiger charge is -2.28. The first kappa shape index (κ1) is 19.5. The summed E-state index contributed by atoms with van der Waals surface area (Å²) >= 11 is 1.14. The fraction of sp³-hybridized carbons (Fsp3) is 0.400. The second-order valence-corrected chi connectivity index (χ2v) is 8.01. The molecule has 0 unspecified atom stereocenters. The molecule has 0 aliphatic heterocycles. The Morgan fingerprint density at radius 1 is 1.28 bits per heavy atom. The summed E-state index contributed by atoms with van der Waals surface area (Å²) in [4.78, 5) is 25.3. The van der Waals surface area contributed by atoms with Crippen LogP contribution in [0.5, 0.6) is 5.88 Å². The van der Waals surface area contributed by atoms with Crippen LogP contribution in [0, 0.1) is 6.92 Å². The second-order valence-electron chi connectivity index (χ2n) is 7.01. The van der Waals surface area contributed by atoms with Gasteiger partial charge in [0, 0.05) is 19.7 Å². The summed E-state index contributed by atoms with van der Waals surface area (Å²) in [5.74, 6) is 0.0618. The van der Waals surface area contributed by atoms with Gasteiger partial charge in [0.2, 0.25) is 5.88 Å². The Morgan fingerprint density at radius 2 is 2.10 bits per heavy atom. The van der Waals surface area contributed by atoms with Crippen LogP contribution >= 0.6 is 11.3 Å². The van der Waals surface area contributed by atoms with Gasteiger partial charge in [-0.1, -0.05) is 0 Å². The van der Waals surface area contributed by atoms with Gasteiger partial charge >= 0.3 is 5.97 Å². The SMILES string of the molecule is CO[C@H]1CCC[C@H](Oc2ncccc2Nc2ncnc3sc(C(=O)O)c(C)c23)C1. The lowest BCUT2D eigenvalue weighted by molar-refractivity contribution is 0.0197. The highest BCUT2D eigenvalue weighted by Crippen LogP contribution is 2.36. The Bertz CT molecular complexity index is 1040. The summed E-state index contributed by atoms with van der Waals surface area (Å²) in [5.41, 5.74) is 1.32. The van der Waals surface area contributed by atoms with Crippen LogP contribution in [-0.4, -0.2) is 45.3 Å². The molecule has 4 rings (SSSR count). The Labute approximate surface area is 171 Å². The summed E-state index contributed by atoms with van der Waals surface area (Å²) in [6, 6.07) is 3.68. The van der Waals surface area contributed by atoms with E-state index in [4.69, 9.17) is 9.47 Å². The highest BCUT2D eigenvalue weighted by molar-refractivity contribution is 7.20. The first-order chi connectivity index (χ1) is 14.1. The zero-order valence-electron chi connectivity index (χ0n) is 16.2. The van der Waals surface area contributed by atoms with Gasteiger partial charge in [-0.25, -0.2) is 19.7 Å². The molecule has 1 aliphatic carbocycles. The van der Waals surface area contributed by atoms with Crippen LogP contribution in [0.15, 0.2) is 24.7 Å². The second kappa shape index (κ2) is 8.30. The van der Waals surface area contributed by atoms with E-state index in [1.54, 1.807) is 20.2 Å². The maximum absolute atomic E-state index is 11.5. The molecule has 0 saturated heterocycles. The predicted molar refractivity (Wildman–Crippen MR) is 110 cm³/mol. The van der Waals surface area contributed by atoms with Gasteiger partial charge in [0.05, 0.1) is 11.5 Å². The van der Waals surface area contributed by atoms with Crippen LogP contribution in [0.4, 0.5) is 11.5 Å². The lowest BCUT2D eigenvalue weighted by Crippen LogP contribution is -2.29. The number of nitrogens with zero attached hydrogens (tertiary/aromatic N) is 3. The molecule has 3 aromatic rings. The summed E-state index contributed by atoms with van der Waals surface area (Å²) in [5, 5.41) is 13.4. The minimum Gasteiger partial charge on any atom is -0.477 e. The van der Waals surface area contributed by atoms with Crippen molar-refractivity contribution in [3.05, 3.63) is 35.1 Å². The summed E-state index contributed by atoms with van der Waals surface area (Å²) in [7, 11) is 1.73. The Kier molecular flexibility index (Phi) is 5.59. The number of aromatic carboxylic acids is 1. The maximum atomic E-state index is 11.5. The van der Waals surface area contributed by atoms with E-state index < -0.39 is 5.97 Å². The molecular weight excluding hydrogens is 392 g/mol. The normalized spacial score (nSPS) is 19.2. The zero-order chi connectivity index (χ0) is 20.4. The molecule has 9 heteroatoms. The molecule has 2 N–H and O–H groups in total. The van der Waals surface area contributed by atoms with E-state index in [1.807, 2.05) is 12.1 Å². The molecule has 1 saturated carbocycles. The predicted octanol–water partition coefficient (Wildman–Crippen LogP) is 4.17. The van der Waals surface area contributed by atoms with Gasteiger partial charge in [-0.05, 0) is 43.9 Å². The number of carboxylic acids is 1. The third-order valence-electron chi connectivity index (χ3n) is 5.13. The molecule has 8 nitrogen and oxygen atoms in total. The number of ether oxygens (including phenoxy) is 2. The van der Waals surface area contributed by atoms with Crippen molar-refractivity contribution in [2.24, 2.45) is 0 Å². The maximum Gasteiger partial charge on any atom is 0.346 e. The highest BCUT2D eigenvalue weighted by atomic mass is 32.1. The molecule has 0 spiro atoms. The molecule has 0 bridgehead atoms. The van der Waals surface area contributed by atoms with Crippen LogP contribution in [0.1, 0.15) is 40.9 Å². The number of pyridine rings is 1. The third kappa shape index (κ3) is 4.01. The minimum absolute atomic E-state index is 0.0380. The smallest absolute Gasteiger partial charge is 0.346 e. The Balaban J connectivity index is 1.63. The quantitative estimate of drug-likeness (QED) is 0.619. The van der Waals surface area contributed by atoms with Crippen molar-refractivity contribution < 1.29 is 19.4 Å². The fourth-order valence-corrected chi connectivity index (χ4v) is 4.65. The van der Waals surface area contributed by atoms with E-state index in [0.717, 1.165) is 37.0 Å². The van der Waals surface area contributed by atoms with Gasteiger partial charge in [0.1, 0.15) is 33.6 Å². The Hall–Kier alpha value is -2.78. The molecule has 3 heterocycles. The number of aromatic nitrogens is 3. The highest BCUT2D eigenvalue weighted by Gasteiger charge is 2.25. The van der Waals surface area contributed by atoms with Gasteiger partial charge in [0.25, 0.3) is 0 Å². The zero-order valence-corrected chi connectivity index (χ0v) is 17.0. The molecule has 29 heavy (non-hydrogen) atoms. The fourth-order valence-electron chi connectivity index (χ4n) is 3.66. The third-order valence-corrected chi connectivity index (χ3v) is 6.32. The number of rotatable bonds is 6. The first-order valence-electron chi connectivity index (χ1n) is 9.45. The van der Waals surface area contributed by atoms with E-state index in [-0.39, 0.29) is 17.1 Å². The van der Waals surface area contributed by atoms with Crippen LogP contribution in [0.3, 0.4) is 0 Å². The van der Waals surface area contributed by atoms with Crippen LogP contribution < -0.4 is 10.1 Å². The van der Waals surface area contributed by atoms with Crippen molar-refractivity contribution in [2.45, 2.75) is 44.8 Å². The number of nitrogens with one attached hydrogen (secondary N) is 1. The van der Waals surface area contributed by atoms with Gasteiger partial charge in [-0.2, -0.15) is 0 Å². The number of fused-ring (bicyclic) bond motifs is 1. The number of anilines is 2. The summed E-state index contributed by atoms with van der Waals surface area (Å²) < 4.78 is 11.7. The molecule has 0 radical (unpaired) electrons. The first-order valence-corrected chi connectivity index (χ1v) is 10.3. The average molecular weight is 414 g/mol. The van der Waals surface area contributed by atoms with E-state index in [9.17, 15) is 9.90 Å². The number of carbonyl (C=O) groups is 1. The molecule has 2 atom stereocenters. The molecular formula is C20H22N4O4S. The van der Waals surface area contributed by atoms with E-state index in [2.05, 4.69) is 20.3 Å². The van der Waals surface area contributed by atoms with Crippen molar-refractivity contribution in [3.63, 3.8) is 0 Å². The summed E-state index contributed by atoms with van der Waals surface area (Å²) in [6.45, 7) is 1.77. The standard InChI is InChI=1S/C20H22N4O4S/c1-11-15-17(22-10-23-19(15)29-16(11)20(25)26)24-14-7-4-8-21-18(14)28-13-6-3-5-12(9-13)27-2/h4,7-8,10,12-13H,3,5-6,9H2,1-2H3,(H,25,26)(H,22,23,24)/t12-,13-/m0/s1. The number of hydrogen-bond acceptors (Lipinski definition) is 8. The van der Waals surface area contributed by atoms with Crippen molar-refractivity contribution in [2.75, 3.05) is 12.4 Å². The number of hydrogen-bond donors (Lipinski definition) is 2. The van der Waals surface area contributed by atoms with Crippen molar-refractivity contribution in [1.82, 2.24) is 15.0 Å². The monoisotopic (exact) mass is 414 g/mol. The van der Waals surface area contributed by atoms with Gasteiger partial charge in [0.15, 0.2) is 0 Å².